The number of aryl methyl sites for hydroxylation is 1. The number of nitrogens with zero attached hydrogens (tertiary/aromatic N) is 1. The molecule has 3 nitrogen and oxygen atoms in total. The van der Waals surface area contributed by atoms with Crippen LogP contribution in [0.15, 0.2) is 42.7 Å². The maximum atomic E-state index is 9.78. The first-order valence-electron chi connectivity index (χ1n) is 5.36. The Balaban J connectivity index is 2.20. The van der Waals surface area contributed by atoms with Gasteiger partial charge in [0.2, 0.25) is 0 Å². The molecule has 0 aliphatic carbocycles. The topological polar surface area (TPSA) is 37.2 Å². The summed E-state index contributed by atoms with van der Waals surface area (Å²) in [5.41, 5.74) is 5.32. The summed E-state index contributed by atoms with van der Waals surface area (Å²) in [6.45, 7) is 4.04. The smallest absolute Gasteiger partial charge is 0.120 e. The van der Waals surface area contributed by atoms with Crippen LogP contribution in [0.1, 0.15) is 24.1 Å². The van der Waals surface area contributed by atoms with Crippen LogP contribution in [0.2, 0.25) is 0 Å². The molecule has 1 unspecified atom stereocenters. The first-order chi connectivity index (χ1) is 7.66. The van der Waals surface area contributed by atoms with E-state index < -0.39 is 0 Å². The van der Waals surface area contributed by atoms with Gasteiger partial charge in [-0.15, -0.1) is 0 Å². The Kier molecular flexibility index (Phi) is 2.86. The summed E-state index contributed by atoms with van der Waals surface area (Å²) in [5.74, 6) is 0.331. The monoisotopic (exact) mass is 216 g/mol. The fraction of sp³-hybridized carbons (Fsp3) is 0.231. The van der Waals surface area contributed by atoms with E-state index in [-0.39, 0.29) is 6.04 Å². The molecule has 1 aromatic carbocycles. The van der Waals surface area contributed by atoms with Gasteiger partial charge < -0.3 is 10.5 Å². The van der Waals surface area contributed by atoms with Crippen LogP contribution in [0, 0.1) is 6.92 Å². The molecule has 16 heavy (non-hydrogen) atoms. The zero-order valence-electron chi connectivity index (χ0n) is 9.51. The van der Waals surface area contributed by atoms with Crippen molar-refractivity contribution in [2.24, 2.45) is 0 Å². The van der Waals surface area contributed by atoms with E-state index in [1.54, 1.807) is 6.07 Å². The van der Waals surface area contributed by atoms with Crippen LogP contribution in [0.4, 0.5) is 0 Å². The molecular formula is C13H16N2O. The third-order valence-corrected chi connectivity index (χ3v) is 2.60. The molecule has 0 bridgehead atoms. The van der Waals surface area contributed by atoms with E-state index in [0.717, 1.165) is 11.1 Å². The van der Waals surface area contributed by atoms with Crippen molar-refractivity contribution in [1.29, 1.82) is 0 Å². The zero-order valence-corrected chi connectivity index (χ0v) is 9.51. The van der Waals surface area contributed by atoms with E-state index >= 15 is 0 Å². The van der Waals surface area contributed by atoms with E-state index in [9.17, 15) is 5.11 Å². The van der Waals surface area contributed by atoms with Gasteiger partial charge in [-0.25, -0.2) is 0 Å². The van der Waals surface area contributed by atoms with Crippen molar-refractivity contribution in [1.82, 2.24) is 4.68 Å². The number of rotatable bonds is 3. The van der Waals surface area contributed by atoms with Crippen molar-refractivity contribution in [3.63, 3.8) is 0 Å². The maximum absolute atomic E-state index is 9.78. The fourth-order valence-electron chi connectivity index (χ4n) is 1.73. The van der Waals surface area contributed by atoms with Gasteiger partial charge in [0, 0.05) is 18.0 Å². The van der Waals surface area contributed by atoms with E-state index in [4.69, 9.17) is 0 Å². The van der Waals surface area contributed by atoms with Crippen LogP contribution >= 0.6 is 0 Å². The molecule has 1 heterocycles. The Morgan fingerprint density at radius 1 is 1.25 bits per heavy atom. The molecule has 3 heteroatoms. The number of nitrogens with one attached hydrogen (secondary N) is 1. The fourth-order valence-corrected chi connectivity index (χ4v) is 1.73. The molecule has 1 atom stereocenters. The molecule has 2 aromatic rings. The second kappa shape index (κ2) is 4.31. The molecule has 0 amide bonds. The first-order valence-corrected chi connectivity index (χ1v) is 5.36. The quantitative estimate of drug-likeness (QED) is 0.827. The molecule has 0 radical (unpaired) electrons. The Labute approximate surface area is 95.3 Å². The molecule has 0 saturated heterocycles. The van der Waals surface area contributed by atoms with Crippen molar-refractivity contribution < 1.29 is 5.11 Å². The van der Waals surface area contributed by atoms with Gasteiger partial charge in [-0.3, -0.25) is 4.68 Å². The number of phenols is 1. The molecule has 0 fully saturated rings. The number of phenolic OH excluding ortho intramolecular Hbond substituents is 1. The van der Waals surface area contributed by atoms with Crippen molar-refractivity contribution in [2.75, 3.05) is 5.43 Å². The Bertz CT molecular complexity index is 463. The summed E-state index contributed by atoms with van der Waals surface area (Å²) < 4.78 is 1.88. The third kappa shape index (κ3) is 2.19. The van der Waals surface area contributed by atoms with Crippen LogP contribution < -0.4 is 5.43 Å². The summed E-state index contributed by atoms with van der Waals surface area (Å²) in [6.07, 6.45) is 3.87. The van der Waals surface area contributed by atoms with E-state index in [0.29, 0.717) is 5.75 Å². The average Bonchev–Trinajstić information content (AvgIpc) is 2.74. The van der Waals surface area contributed by atoms with Gasteiger partial charge in [0.25, 0.3) is 0 Å². The lowest BCUT2D eigenvalue weighted by atomic mass is 10.1. The molecule has 2 rings (SSSR count). The highest BCUT2D eigenvalue weighted by atomic mass is 16.3. The first kappa shape index (κ1) is 10.6. The predicted molar refractivity (Wildman–Crippen MR) is 65.1 cm³/mol. The van der Waals surface area contributed by atoms with E-state index in [1.165, 1.54) is 0 Å². The van der Waals surface area contributed by atoms with Crippen LogP contribution in [0.3, 0.4) is 0 Å². The minimum atomic E-state index is 0.0623. The van der Waals surface area contributed by atoms with Crippen LogP contribution in [-0.2, 0) is 0 Å². The second-order valence-electron chi connectivity index (χ2n) is 4.00. The standard InChI is InChI=1S/C13H16N2O/c1-10-5-6-13(16)12(9-10)11(2)14-15-7-3-4-8-15/h3-9,11,14,16H,1-2H3. The maximum Gasteiger partial charge on any atom is 0.120 e. The van der Waals surface area contributed by atoms with Crippen LogP contribution in [0.25, 0.3) is 0 Å². The molecule has 1 aromatic heterocycles. The van der Waals surface area contributed by atoms with Crippen molar-refractivity contribution in [3.05, 3.63) is 53.9 Å². The highest BCUT2D eigenvalue weighted by molar-refractivity contribution is 5.38. The molecule has 0 spiro atoms. The summed E-state index contributed by atoms with van der Waals surface area (Å²) in [7, 11) is 0. The number of hydrogen-bond acceptors (Lipinski definition) is 2. The van der Waals surface area contributed by atoms with Gasteiger partial charge in [-0.05, 0) is 32.0 Å². The van der Waals surface area contributed by atoms with Crippen LogP contribution in [0.5, 0.6) is 5.75 Å². The number of hydrogen-bond donors (Lipinski definition) is 2. The Hall–Kier alpha value is -1.90. The number of benzene rings is 1. The number of aromatic hydroxyl groups is 1. The third-order valence-electron chi connectivity index (χ3n) is 2.60. The molecule has 0 saturated carbocycles. The van der Waals surface area contributed by atoms with Gasteiger partial charge in [0.1, 0.15) is 5.75 Å². The lowest BCUT2D eigenvalue weighted by Crippen LogP contribution is -2.17. The van der Waals surface area contributed by atoms with E-state index in [2.05, 4.69) is 5.43 Å². The number of aromatic nitrogens is 1. The molecule has 0 aliphatic rings. The van der Waals surface area contributed by atoms with Crippen molar-refractivity contribution in [2.45, 2.75) is 19.9 Å². The zero-order chi connectivity index (χ0) is 11.5. The van der Waals surface area contributed by atoms with E-state index in [1.807, 2.05) is 55.2 Å². The lowest BCUT2D eigenvalue weighted by molar-refractivity contribution is 0.463. The Morgan fingerprint density at radius 2 is 1.94 bits per heavy atom. The summed E-state index contributed by atoms with van der Waals surface area (Å²) >= 11 is 0. The lowest BCUT2D eigenvalue weighted by Gasteiger charge is -2.18. The highest BCUT2D eigenvalue weighted by Gasteiger charge is 2.09. The summed E-state index contributed by atoms with van der Waals surface area (Å²) in [4.78, 5) is 0. The molecule has 84 valence electrons. The predicted octanol–water partition coefficient (Wildman–Crippen LogP) is 2.81. The second-order valence-corrected chi connectivity index (χ2v) is 4.00. The molecule has 0 aliphatic heterocycles. The highest BCUT2D eigenvalue weighted by Crippen LogP contribution is 2.25. The van der Waals surface area contributed by atoms with Gasteiger partial charge in [0.05, 0.1) is 6.04 Å². The van der Waals surface area contributed by atoms with Crippen molar-refractivity contribution >= 4 is 0 Å². The minimum Gasteiger partial charge on any atom is -0.508 e. The van der Waals surface area contributed by atoms with Gasteiger partial charge in [-0.1, -0.05) is 17.7 Å². The summed E-state index contributed by atoms with van der Waals surface area (Å²) in [6, 6.07) is 9.61. The normalized spacial score (nSPS) is 12.4. The largest absolute Gasteiger partial charge is 0.508 e. The van der Waals surface area contributed by atoms with Gasteiger partial charge in [0.15, 0.2) is 0 Å². The van der Waals surface area contributed by atoms with Gasteiger partial charge >= 0.3 is 0 Å². The Morgan fingerprint density at radius 3 is 2.62 bits per heavy atom. The minimum absolute atomic E-state index is 0.0623. The summed E-state index contributed by atoms with van der Waals surface area (Å²) in [5, 5.41) is 9.78. The SMILES string of the molecule is Cc1ccc(O)c(C(C)Nn2cccc2)c1. The van der Waals surface area contributed by atoms with Crippen molar-refractivity contribution in [3.8, 4) is 5.75 Å². The molecular weight excluding hydrogens is 200 g/mol. The van der Waals surface area contributed by atoms with Gasteiger partial charge in [-0.2, -0.15) is 0 Å². The molecule has 2 N–H and O–H groups in total. The average molecular weight is 216 g/mol. The van der Waals surface area contributed by atoms with Crippen LogP contribution in [-0.4, -0.2) is 9.78 Å².